The van der Waals surface area contributed by atoms with Gasteiger partial charge in [0.1, 0.15) is 0 Å². The molecule has 204 valence electrons. The van der Waals surface area contributed by atoms with Crippen LogP contribution in [0.1, 0.15) is 62.6 Å². The van der Waals surface area contributed by atoms with Crippen LogP contribution in [-0.4, -0.2) is 65.0 Å². The summed E-state index contributed by atoms with van der Waals surface area (Å²) in [6, 6.07) is 14.0. The average molecular weight is 520 g/mol. The number of ether oxygens (including phenoxy) is 2. The molecule has 2 aromatic rings. The molecule has 0 spiro atoms. The Morgan fingerprint density at radius 2 is 1.79 bits per heavy atom. The molecule has 2 aromatic carbocycles. The van der Waals surface area contributed by atoms with E-state index in [0.29, 0.717) is 32.5 Å². The predicted octanol–water partition coefficient (Wildman–Crippen LogP) is 4.75. The van der Waals surface area contributed by atoms with Crippen molar-refractivity contribution in [3.05, 3.63) is 59.2 Å². The molecule has 5 rings (SSSR count). The third kappa shape index (κ3) is 5.98. The third-order valence-electron chi connectivity index (χ3n) is 8.10. The van der Waals surface area contributed by atoms with E-state index in [0.717, 1.165) is 48.6 Å². The maximum absolute atomic E-state index is 13.9. The predicted molar refractivity (Wildman–Crippen MR) is 147 cm³/mol. The fourth-order valence-electron chi connectivity index (χ4n) is 5.99. The van der Waals surface area contributed by atoms with E-state index >= 15 is 0 Å². The molecule has 3 aliphatic rings. The lowest BCUT2D eigenvalue weighted by molar-refractivity contribution is -0.138. The number of carbonyl (C=O) groups is 2. The van der Waals surface area contributed by atoms with Gasteiger partial charge in [0.2, 0.25) is 18.6 Å². The number of likely N-dealkylation sites (tertiary alicyclic amines) is 2. The van der Waals surface area contributed by atoms with E-state index in [-0.39, 0.29) is 36.6 Å². The highest BCUT2D eigenvalue weighted by Crippen LogP contribution is 2.34. The van der Waals surface area contributed by atoms with Crippen LogP contribution in [0.4, 0.5) is 0 Å². The van der Waals surface area contributed by atoms with Gasteiger partial charge in [0.05, 0.1) is 6.04 Å². The molecule has 0 aromatic heterocycles. The van der Waals surface area contributed by atoms with E-state index in [1.807, 2.05) is 29.2 Å². The number of benzene rings is 2. The van der Waals surface area contributed by atoms with Crippen LogP contribution in [0.15, 0.2) is 42.5 Å². The number of rotatable bonds is 8. The quantitative estimate of drug-likeness (QED) is 0.504. The van der Waals surface area contributed by atoms with Crippen molar-refractivity contribution in [2.24, 2.45) is 5.92 Å². The van der Waals surface area contributed by atoms with Crippen molar-refractivity contribution in [1.82, 2.24) is 14.7 Å². The number of hydrogen-bond acceptors (Lipinski definition) is 5. The Morgan fingerprint density at radius 1 is 1.03 bits per heavy atom. The standard InChI is InChI=1S/C31H41N3O4/c1-22(2)15-30(35)34(19-25-10-6-5-9-23(25)3)26-17-27(31(36)32-13-7-4-8-14-32)33(20-26)18-24-11-12-28-29(16-24)38-21-37-28/h5-6,9-12,16,22,26-27H,4,7-8,13-15,17-21H2,1-3H3/t26-,27-/m0/s1. The molecule has 2 fully saturated rings. The van der Waals surface area contributed by atoms with Gasteiger partial charge in [-0.1, -0.05) is 44.2 Å². The number of piperidine rings is 1. The number of nitrogens with zero attached hydrogens (tertiary/aromatic N) is 3. The molecular formula is C31H41N3O4. The zero-order chi connectivity index (χ0) is 26.6. The highest BCUT2D eigenvalue weighted by molar-refractivity contribution is 5.83. The van der Waals surface area contributed by atoms with E-state index < -0.39 is 0 Å². The zero-order valence-corrected chi connectivity index (χ0v) is 23.0. The largest absolute Gasteiger partial charge is 0.454 e. The van der Waals surface area contributed by atoms with Gasteiger partial charge >= 0.3 is 0 Å². The molecule has 2 amide bonds. The SMILES string of the molecule is Cc1ccccc1CN(C(=O)CC(C)C)[C@H]1C[C@@H](C(=O)N2CCCCC2)N(Cc2ccc3c(c2)OCO3)C1. The molecule has 3 aliphatic heterocycles. The third-order valence-corrected chi connectivity index (χ3v) is 8.10. The Hall–Kier alpha value is -3.06. The minimum absolute atomic E-state index is 0.0198. The van der Waals surface area contributed by atoms with Gasteiger partial charge in [0, 0.05) is 45.2 Å². The van der Waals surface area contributed by atoms with Gasteiger partial charge < -0.3 is 19.3 Å². The summed E-state index contributed by atoms with van der Waals surface area (Å²) < 4.78 is 11.1. The van der Waals surface area contributed by atoms with Crippen LogP contribution < -0.4 is 9.47 Å². The summed E-state index contributed by atoms with van der Waals surface area (Å²) in [6.07, 6.45) is 4.49. The first kappa shape index (κ1) is 26.5. The number of carbonyl (C=O) groups excluding carboxylic acids is 2. The number of hydrogen-bond donors (Lipinski definition) is 0. The smallest absolute Gasteiger partial charge is 0.240 e. The minimum atomic E-state index is -0.241. The second kappa shape index (κ2) is 11.8. The van der Waals surface area contributed by atoms with Crippen LogP contribution in [0.2, 0.25) is 0 Å². The molecule has 7 nitrogen and oxygen atoms in total. The van der Waals surface area contributed by atoms with Crippen LogP contribution in [0.5, 0.6) is 11.5 Å². The lowest BCUT2D eigenvalue weighted by atomic mass is 10.0. The molecule has 7 heteroatoms. The van der Waals surface area contributed by atoms with Crippen LogP contribution in [-0.2, 0) is 22.7 Å². The summed E-state index contributed by atoms with van der Waals surface area (Å²) >= 11 is 0. The monoisotopic (exact) mass is 519 g/mol. The van der Waals surface area contributed by atoms with E-state index in [2.05, 4.69) is 48.8 Å². The van der Waals surface area contributed by atoms with Crippen molar-refractivity contribution in [2.45, 2.75) is 78.0 Å². The number of aryl methyl sites for hydroxylation is 1. The first-order valence-electron chi connectivity index (χ1n) is 14.1. The van der Waals surface area contributed by atoms with E-state index in [4.69, 9.17) is 9.47 Å². The van der Waals surface area contributed by atoms with Gasteiger partial charge in [-0.2, -0.15) is 0 Å². The summed E-state index contributed by atoms with van der Waals surface area (Å²) in [7, 11) is 0. The first-order valence-corrected chi connectivity index (χ1v) is 14.1. The topological polar surface area (TPSA) is 62.3 Å². The molecular weight excluding hydrogens is 478 g/mol. The molecule has 0 radical (unpaired) electrons. The Labute approximate surface area is 226 Å². The summed E-state index contributed by atoms with van der Waals surface area (Å²) in [5, 5.41) is 0. The lowest BCUT2D eigenvalue weighted by Gasteiger charge is -2.32. The Morgan fingerprint density at radius 3 is 2.55 bits per heavy atom. The van der Waals surface area contributed by atoms with E-state index in [1.165, 1.54) is 12.0 Å². The van der Waals surface area contributed by atoms with E-state index in [9.17, 15) is 9.59 Å². The molecule has 2 saturated heterocycles. The van der Waals surface area contributed by atoms with Crippen LogP contribution >= 0.6 is 0 Å². The maximum atomic E-state index is 13.9. The van der Waals surface area contributed by atoms with Crippen molar-refractivity contribution in [3.63, 3.8) is 0 Å². The molecule has 3 heterocycles. The van der Waals surface area contributed by atoms with Gasteiger partial charge in [-0.05, 0) is 67.3 Å². The Balaban J connectivity index is 1.41. The lowest BCUT2D eigenvalue weighted by Crippen LogP contribution is -2.47. The molecule has 2 atom stereocenters. The normalized spacial score (nSPS) is 21.2. The zero-order valence-electron chi connectivity index (χ0n) is 23.0. The van der Waals surface area contributed by atoms with Crippen molar-refractivity contribution >= 4 is 11.8 Å². The van der Waals surface area contributed by atoms with Crippen molar-refractivity contribution in [3.8, 4) is 11.5 Å². The molecule has 0 bridgehead atoms. The van der Waals surface area contributed by atoms with Crippen molar-refractivity contribution in [1.29, 1.82) is 0 Å². The minimum Gasteiger partial charge on any atom is -0.454 e. The highest BCUT2D eigenvalue weighted by atomic mass is 16.7. The molecule has 38 heavy (non-hydrogen) atoms. The second-order valence-corrected chi connectivity index (χ2v) is 11.5. The Bertz CT molecular complexity index is 1140. The maximum Gasteiger partial charge on any atom is 0.240 e. The summed E-state index contributed by atoms with van der Waals surface area (Å²) in [5.41, 5.74) is 3.44. The van der Waals surface area contributed by atoms with Gasteiger partial charge in [0.25, 0.3) is 0 Å². The fourth-order valence-corrected chi connectivity index (χ4v) is 5.99. The average Bonchev–Trinajstić information content (AvgIpc) is 3.54. The van der Waals surface area contributed by atoms with Gasteiger partial charge in [-0.25, -0.2) is 0 Å². The summed E-state index contributed by atoms with van der Waals surface area (Å²) in [6.45, 7) is 10.1. The van der Waals surface area contributed by atoms with Crippen molar-refractivity contribution in [2.75, 3.05) is 26.4 Å². The summed E-state index contributed by atoms with van der Waals surface area (Å²) in [4.78, 5) is 33.8. The van der Waals surface area contributed by atoms with Crippen LogP contribution in [0.3, 0.4) is 0 Å². The van der Waals surface area contributed by atoms with Crippen molar-refractivity contribution < 1.29 is 19.1 Å². The summed E-state index contributed by atoms with van der Waals surface area (Å²) in [5.74, 6) is 2.17. The van der Waals surface area contributed by atoms with Crippen LogP contribution in [0, 0.1) is 12.8 Å². The van der Waals surface area contributed by atoms with E-state index in [1.54, 1.807) is 0 Å². The highest BCUT2D eigenvalue weighted by Gasteiger charge is 2.42. The van der Waals surface area contributed by atoms with Gasteiger partial charge in [0.15, 0.2) is 11.5 Å². The molecule has 0 aliphatic carbocycles. The molecule has 0 saturated carbocycles. The van der Waals surface area contributed by atoms with Crippen LogP contribution in [0.25, 0.3) is 0 Å². The molecule has 0 unspecified atom stereocenters. The number of amides is 2. The Kier molecular flexibility index (Phi) is 8.22. The fraction of sp³-hybridized carbons (Fsp3) is 0.548. The number of fused-ring (bicyclic) bond motifs is 1. The second-order valence-electron chi connectivity index (χ2n) is 11.5. The van der Waals surface area contributed by atoms with Gasteiger partial charge in [-0.3, -0.25) is 14.5 Å². The molecule has 0 N–H and O–H groups in total. The first-order chi connectivity index (χ1) is 18.4. The van der Waals surface area contributed by atoms with Gasteiger partial charge in [-0.15, -0.1) is 0 Å².